The molecule has 0 heterocycles. The van der Waals surface area contributed by atoms with Gasteiger partial charge in [0.25, 0.3) is 0 Å². The van der Waals surface area contributed by atoms with Crippen molar-refractivity contribution in [2.24, 2.45) is 21.7 Å². The van der Waals surface area contributed by atoms with Crippen LogP contribution in [0.5, 0.6) is 0 Å². The number of hydrazone groups is 2. The first-order valence-corrected chi connectivity index (χ1v) is 9.37. The van der Waals surface area contributed by atoms with Gasteiger partial charge in [0, 0.05) is 33.7 Å². The van der Waals surface area contributed by atoms with Crippen LogP contribution in [0, 0.1) is 10.8 Å². The minimum absolute atomic E-state index is 0.163. The summed E-state index contributed by atoms with van der Waals surface area (Å²) in [7, 11) is 0. The Labute approximate surface area is 174 Å². The van der Waals surface area contributed by atoms with Crippen molar-refractivity contribution in [2.75, 3.05) is 0 Å². The summed E-state index contributed by atoms with van der Waals surface area (Å²) in [4.78, 5) is 26.2. The summed E-state index contributed by atoms with van der Waals surface area (Å²) in [5, 5.41) is 22.3. The molecule has 0 bridgehead atoms. The number of rotatable bonds is 8. The molecule has 0 aliphatic heterocycles. The molecule has 1 aromatic rings. The molecule has 0 saturated heterocycles. The number of allylic oxidation sites excluding steroid dienone is 2. The third-order valence-electron chi connectivity index (χ3n) is 4.54. The van der Waals surface area contributed by atoms with Crippen molar-refractivity contribution in [3.05, 3.63) is 46.5 Å². The van der Waals surface area contributed by atoms with E-state index in [2.05, 4.69) is 21.1 Å². The van der Waals surface area contributed by atoms with E-state index in [9.17, 15) is 9.59 Å². The number of carbonyl (C=O) groups is 2. The standard InChI is InChI=1S/C20H26N8O2/c1-11(25-27-19(21)22)7-9-15-16(10-8-12(2)26-28-20(23)24)18(30)14-6-4-3-5-13(14)17(15)29/h3-6H,7-10H2,1-2H3,(H4,21,22,27)(H4,23,24,28). The molecule has 0 radical (unpaired) electrons. The predicted molar refractivity (Wildman–Crippen MR) is 117 cm³/mol. The molecule has 1 aliphatic carbocycles. The number of hydrogen-bond donors (Lipinski definition) is 6. The van der Waals surface area contributed by atoms with Crippen LogP contribution in [0.1, 0.15) is 60.2 Å². The molecule has 158 valence electrons. The Balaban J connectivity index is 2.29. The molecule has 0 unspecified atom stereocenters. The first kappa shape index (κ1) is 22.5. The molecule has 0 amide bonds. The summed E-state index contributed by atoms with van der Waals surface area (Å²) in [6.07, 6.45) is 1.54. The maximum Gasteiger partial charge on any atom is 0.206 e. The zero-order valence-electron chi connectivity index (χ0n) is 17.0. The van der Waals surface area contributed by atoms with E-state index in [1.807, 2.05) is 0 Å². The molecule has 2 rings (SSSR count). The van der Waals surface area contributed by atoms with Gasteiger partial charge >= 0.3 is 0 Å². The molecule has 8 N–H and O–H groups in total. The lowest BCUT2D eigenvalue weighted by atomic mass is 9.80. The van der Waals surface area contributed by atoms with Gasteiger partial charge in [-0.3, -0.25) is 20.4 Å². The first-order valence-electron chi connectivity index (χ1n) is 9.37. The summed E-state index contributed by atoms with van der Waals surface area (Å²) in [6.45, 7) is 3.51. The molecule has 0 fully saturated rings. The highest BCUT2D eigenvalue weighted by Crippen LogP contribution is 2.31. The average Bonchev–Trinajstić information content (AvgIpc) is 2.71. The van der Waals surface area contributed by atoms with Crippen LogP contribution < -0.4 is 22.3 Å². The van der Waals surface area contributed by atoms with Gasteiger partial charge in [-0.25, -0.2) is 10.9 Å². The lowest BCUT2D eigenvalue weighted by molar-refractivity contribution is 0.0969. The second-order valence-corrected chi connectivity index (χ2v) is 6.91. The fraction of sp³-hybridized carbons (Fsp3) is 0.300. The second-order valence-electron chi connectivity index (χ2n) is 6.91. The zero-order valence-corrected chi connectivity index (χ0v) is 17.0. The molecule has 1 aliphatic rings. The van der Waals surface area contributed by atoms with Crippen molar-refractivity contribution in [2.45, 2.75) is 39.5 Å². The van der Waals surface area contributed by atoms with E-state index in [4.69, 9.17) is 22.3 Å². The van der Waals surface area contributed by atoms with Gasteiger partial charge in [-0.1, -0.05) is 24.3 Å². The molecule has 30 heavy (non-hydrogen) atoms. The summed E-state index contributed by atoms with van der Waals surface area (Å²) in [5.41, 5.74) is 18.2. The van der Waals surface area contributed by atoms with Crippen LogP contribution in [0.2, 0.25) is 0 Å². The van der Waals surface area contributed by atoms with Crippen molar-refractivity contribution in [3.63, 3.8) is 0 Å². The Kier molecular flexibility index (Phi) is 7.56. The van der Waals surface area contributed by atoms with Crippen LogP contribution in [0.3, 0.4) is 0 Å². The number of fused-ring (bicyclic) bond motifs is 1. The highest BCUT2D eigenvalue weighted by molar-refractivity contribution is 6.27. The number of Topliss-reactive ketones (excluding diaryl/α,β-unsaturated/α-hetero) is 2. The lowest BCUT2D eigenvalue weighted by Gasteiger charge is -2.21. The quantitative estimate of drug-likeness (QED) is 0.215. The van der Waals surface area contributed by atoms with Gasteiger partial charge in [0.1, 0.15) is 0 Å². The van der Waals surface area contributed by atoms with Gasteiger partial charge < -0.3 is 11.5 Å². The molecule has 10 nitrogen and oxygen atoms in total. The van der Waals surface area contributed by atoms with E-state index in [1.54, 1.807) is 38.1 Å². The molecule has 0 atom stereocenters. The van der Waals surface area contributed by atoms with E-state index in [0.29, 0.717) is 59.4 Å². The Hall–Kier alpha value is -3.82. The topological polar surface area (TPSA) is 183 Å². The van der Waals surface area contributed by atoms with Gasteiger partial charge in [-0.2, -0.15) is 10.2 Å². The number of carbonyl (C=O) groups excluding carboxylic acids is 2. The van der Waals surface area contributed by atoms with E-state index in [0.717, 1.165) is 0 Å². The summed E-state index contributed by atoms with van der Waals surface area (Å²) in [6, 6.07) is 6.79. The third kappa shape index (κ3) is 5.84. The summed E-state index contributed by atoms with van der Waals surface area (Å²) in [5.74, 6) is -0.880. The predicted octanol–water partition coefficient (Wildman–Crippen LogP) is 1.64. The lowest BCUT2D eigenvalue weighted by Crippen LogP contribution is -2.27. The SMILES string of the molecule is CC(CCC1=C(CCC(C)=NNC(=N)N)C(=O)c2ccccc2C1=O)=NNC(=N)N. The normalized spacial score (nSPS) is 14.5. The minimum atomic E-state index is -0.277. The molecule has 0 spiro atoms. The largest absolute Gasteiger partial charge is 0.369 e. The zero-order chi connectivity index (χ0) is 22.3. The number of hydrogen-bond acceptors (Lipinski definition) is 6. The highest BCUT2D eigenvalue weighted by atomic mass is 16.1. The number of nitrogens with zero attached hydrogens (tertiary/aromatic N) is 2. The number of benzene rings is 1. The van der Waals surface area contributed by atoms with Gasteiger partial charge in [0.2, 0.25) is 11.9 Å². The minimum Gasteiger partial charge on any atom is -0.369 e. The van der Waals surface area contributed by atoms with Crippen LogP contribution in [0.25, 0.3) is 0 Å². The van der Waals surface area contributed by atoms with Crippen molar-refractivity contribution in [1.29, 1.82) is 10.8 Å². The Morgan fingerprint density at radius 1 is 0.833 bits per heavy atom. The molecule has 10 heteroatoms. The Morgan fingerprint density at radius 3 is 1.53 bits per heavy atom. The van der Waals surface area contributed by atoms with Gasteiger partial charge in [0.15, 0.2) is 11.6 Å². The van der Waals surface area contributed by atoms with E-state index in [-0.39, 0.29) is 23.5 Å². The van der Waals surface area contributed by atoms with Crippen LogP contribution in [-0.2, 0) is 0 Å². The van der Waals surface area contributed by atoms with Crippen LogP contribution in [-0.4, -0.2) is 34.9 Å². The molecule has 0 aromatic heterocycles. The van der Waals surface area contributed by atoms with Crippen molar-refractivity contribution in [1.82, 2.24) is 10.9 Å². The van der Waals surface area contributed by atoms with E-state index >= 15 is 0 Å². The molecule has 1 aromatic carbocycles. The van der Waals surface area contributed by atoms with Crippen LogP contribution in [0.15, 0.2) is 45.6 Å². The third-order valence-corrected chi connectivity index (χ3v) is 4.54. The monoisotopic (exact) mass is 410 g/mol. The molecule has 0 saturated carbocycles. The van der Waals surface area contributed by atoms with Gasteiger partial charge in [0.05, 0.1) is 0 Å². The maximum absolute atomic E-state index is 13.1. The molecular weight excluding hydrogens is 384 g/mol. The molecular formula is C20H26N8O2. The summed E-state index contributed by atoms with van der Waals surface area (Å²) < 4.78 is 0. The average molecular weight is 410 g/mol. The number of nitrogens with one attached hydrogen (secondary N) is 4. The summed E-state index contributed by atoms with van der Waals surface area (Å²) >= 11 is 0. The van der Waals surface area contributed by atoms with Crippen molar-refractivity contribution >= 4 is 34.9 Å². The maximum atomic E-state index is 13.1. The fourth-order valence-corrected chi connectivity index (χ4v) is 3.04. The van der Waals surface area contributed by atoms with E-state index < -0.39 is 0 Å². The van der Waals surface area contributed by atoms with Crippen LogP contribution in [0.4, 0.5) is 0 Å². The fourth-order valence-electron chi connectivity index (χ4n) is 3.04. The van der Waals surface area contributed by atoms with Crippen LogP contribution >= 0.6 is 0 Å². The van der Waals surface area contributed by atoms with Gasteiger partial charge in [-0.15, -0.1) is 0 Å². The van der Waals surface area contributed by atoms with Gasteiger partial charge in [-0.05, 0) is 39.5 Å². The number of nitrogens with two attached hydrogens (primary N) is 2. The highest BCUT2D eigenvalue weighted by Gasteiger charge is 2.31. The second kappa shape index (κ2) is 10.1. The Bertz CT molecular complexity index is 898. The first-order chi connectivity index (χ1) is 14.2. The van der Waals surface area contributed by atoms with Crippen molar-refractivity contribution < 1.29 is 9.59 Å². The van der Waals surface area contributed by atoms with E-state index in [1.165, 1.54) is 0 Å². The number of guanidine groups is 2. The Morgan fingerprint density at radius 2 is 1.20 bits per heavy atom. The van der Waals surface area contributed by atoms with Crippen molar-refractivity contribution in [3.8, 4) is 0 Å². The smallest absolute Gasteiger partial charge is 0.206 e. The number of ketones is 2.